The van der Waals surface area contributed by atoms with Gasteiger partial charge in [-0.05, 0) is 56.2 Å². The smallest absolute Gasteiger partial charge is 0.404 e. The molecule has 0 atom stereocenters. The first-order chi connectivity index (χ1) is 18.1. The van der Waals surface area contributed by atoms with Crippen LogP contribution in [0.2, 0.25) is 0 Å². The molecule has 0 bridgehead atoms. The van der Waals surface area contributed by atoms with Crippen LogP contribution in [0.5, 0.6) is 0 Å². The molecule has 3 heterocycles. The van der Waals surface area contributed by atoms with Gasteiger partial charge in [0, 0.05) is 35.1 Å². The lowest BCUT2D eigenvalue weighted by molar-refractivity contribution is -0.115. The zero-order valence-electron chi connectivity index (χ0n) is 21.2. The van der Waals surface area contributed by atoms with Gasteiger partial charge in [0.05, 0.1) is 23.5 Å². The van der Waals surface area contributed by atoms with Crippen LogP contribution in [0.1, 0.15) is 36.8 Å². The van der Waals surface area contributed by atoms with Gasteiger partial charge in [-0.3, -0.25) is 14.6 Å². The van der Waals surface area contributed by atoms with Gasteiger partial charge in [-0.15, -0.1) is 11.3 Å². The molecular formula is C27H28N6O4S. The summed E-state index contributed by atoms with van der Waals surface area (Å²) < 4.78 is 6.77. The summed E-state index contributed by atoms with van der Waals surface area (Å²) in [6.45, 7) is 5.94. The van der Waals surface area contributed by atoms with Crippen molar-refractivity contribution >= 4 is 34.4 Å². The molecule has 3 amide bonds. The lowest BCUT2D eigenvalue weighted by Gasteiger charge is -2.20. The molecule has 10 nitrogen and oxygen atoms in total. The number of hydrogen-bond acceptors (Lipinski definition) is 7. The fourth-order valence-corrected chi connectivity index (χ4v) is 4.31. The molecule has 196 valence electrons. The molecule has 0 saturated carbocycles. The Morgan fingerprint density at radius 3 is 2.58 bits per heavy atom. The van der Waals surface area contributed by atoms with Crippen molar-refractivity contribution in [2.24, 2.45) is 5.73 Å². The number of nitrogens with two attached hydrogens (primary N) is 1. The van der Waals surface area contributed by atoms with Gasteiger partial charge in [0.15, 0.2) is 5.13 Å². The quantitative estimate of drug-likeness (QED) is 0.307. The minimum Gasteiger partial charge on any atom is -0.443 e. The number of carbonyl (C=O) groups excluding carboxylic acids is 3. The zero-order valence-corrected chi connectivity index (χ0v) is 22.0. The Morgan fingerprint density at radius 1 is 1.08 bits per heavy atom. The molecule has 0 saturated heterocycles. The molecule has 4 N–H and O–H groups in total. The monoisotopic (exact) mass is 532 g/mol. The minimum absolute atomic E-state index is 0.0118. The number of anilines is 1. The number of thiazole rings is 1. The highest BCUT2D eigenvalue weighted by Crippen LogP contribution is 2.29. The van der Waals surface area contributed by atoms with E-state index in [1.54, 1.807) is 18.5 Å². The van der Waals surface area contributed by atoms with E-state index in [0.717, 1.165) is 16.7 Å². The van der Waals surface area contributed by atoms with Crippen molar-refractivity contribution in [3.63, 3.8) is 0 Å². The van der Waals surface area contributed by atoms with Gasteiger partial charge in [-0.25, -0.2) is 9.78 Å². The van der Waals surface area contributed by atoms with E-state index >= 15 is 0 Å². The Hall–Kier alpha value is -4.51. The van der Waals surface area contributed by atoms with Gasteiger partial charge in [0.1, 0.15) is 6.61 Å². The normalized spacial score (nSPS) is 11.1. The van der Waals surface area contributed by atoms with E-state index in [-0.39, 0.29) is 30.5 Å². The number of primary amides is 1. The molecule has 0 aliphatic carbocycles. The SMILES string of the molecule is CC(C)(C)n1ccc(C(=O)NCC(=O)Nc2nc(-c3cccc(-c4ccnc(COC(N)=O)c4)c3)cs2)c1. The van der Waals surface area contributed by atoms with Gasteiger partial charge in [-0.2, -0.15) is 0 Å². The Bertz CT molecular complexity index is 1470. The van der Waals surface area contributed by atoms with Gasteiger partial charge in [-0.1, -0.05) is 18.2 Å². The molecule has 0 fully saturated rings. The largest absolute Gasteiger partial charge is 0.443 e. The van der Waals surface area contributed by atoms with Crippen LogP contribution in [0.3, 0.4) is 0 Å². The first kappa shape index (κ1) is 26.6. The number of ether oxygens (including phenoxy) is 1. The molecular weight excluding hydrogens is 504 g/mol. The second-order valence-corrected chi connectivity index (χ2v) is 10.3. The van der Waals surface area contributed by atoms with Gasteiger partial charge in [0.25, 0.3) is 5.91 Å². The van der Waals surface area contributed by atoms with Crippen molar-refractivity contribution in [3.8, 4) is 22.4 Å². The molecule has 4 rings (SSSR count). The number of benzene rings is 1. The molecule has 4 aromatic rings. The van der Waals surface area contributed by atoms with Crippen molar-refractivity contribution in [1.82, 2.24) is 19.9 Å². The van der Waals surface area contributed by atoms with Crippen LogP contribution in [0, 0.1) is 0 Å². The maximum atomic E-state index is 12.4. The predicted molar refractivity (Wildman–Crippen MR) is 146 cm³/mol. The van der Waals surface area contributed by atoms with Crippen LogP contribution in [-0.2, 0) is 21.7 Å². The molecule has 0 aliphatic rings. The lowest BCUT2D eigenvalue weighted by atomic mass is 10.0. The summed E-state index contributed by atoms with van der Waals surface area (Å²) in [6.07, 6.45) is 4.38. The van der Waals surface area contributed by atoms with Crippen LogP contribution in [0.25, 0.3) is 22.4 Å². The second kappa shape index (κ2) is 11.3. The highest BCUT2D eigenvalue weighted by molar-refractivity contribution is 7.14. The first-order valence-corrected chi connectivity index (χ1v) is 12.7. The molecule has 1 aromatic carbocycles. The standard InChI is InChI=1S/C27H28N6O4S/c1-27(2,3)33-10-8-20(14-33)24(35)30-13-23(34)32-26-31-22(16-38-26)19-6-4-5-17(11-19)18-7-9-29-21(12-18)15-37-25(28)36/h4-12,14,16H,13,15H2,1-3H3,(H2,28,36)(H,30,35)(H,31,32,34). The third-order valence-corrected chi connectivity index (χ3v) is 6.32. The molecule has 0 unspecified atom stereocenters. The van der Waals surface area contributed by atoms with Gasteiger partial charge in [0.2, 0.25) is 5.91 Å². The van der Waals surface area contributed by atoms with E-state index in [9.17, 15) is 14.4 Å². The average molecular weight is 533 g/mol. The summed E-state index contributed by atoms with van der Waals surface area (Å²) in [6, 6.07) is 13.1. The number of nitrogens with one attached hydrogen (secondary N) is 2. The first-order valence-electron chi connectivity index (χ1n) is 11.8. The van der Waals surface area contributed by atoms with Crippen LogP contribution >= 0.6 is 11.3 Å². The maximum Gasteiger partial charge on any atom is 0.404 e. The van der Waals surface area contributed by atoms with Gasteiger partial charge < -0.3 is 25.7 Å². The highest BCUT2D eigenvalue weighted by atomic mass is 32.1. The number of amides is 3. The molecule has 11 heteroatoms. The number of nitrogens with zero attached hydrogens (tertiary/aromatic N) is 3. The Labute approximate surface area is 223 Å². The second-order valence-electron chi connectivity index (χ2n) is 9.47. The summed E-state index contributed by atoms with van der Waals surface area (Å²) in [7, 11) is 0. The summed E-state index contributed by atoms with van der Waals surface area (Å²) in [5.41, 5.74) is 9.34. The van der Waals surface area contributed by atoms with Gasteiger partial charge >= 0.3 is 6.09 Å². The zero-order chi connectivity index (χ0) is 27.3. The number of rotatable bonds is 8. The molecule has 0 aliphatic heterocycles. The van der Waals surface area contributed by atoms with E-state index in [2.05, 4.69) is 20.6 Å². The lowest BCUT2D eigenvalue weighted by Crippen LogP contribution is -2.32. The summed E-state index contributed by atoms with van der Waals surface area (Å²) in [4.78, 5) is 44.4. The Balaban J connectivity index is 1.37. The molecule has 0 radical (unpaired) electrons. The third kappa shape index (κ3) is 6.83. The molecule has 0 spiro atoms. The Kier molecular flexibility index (Phi) is 7.87. The topological polar surface area (TPSA) is 141 Å². The van der Waals surface area contributed by atoms with Crippen LogP contribution < -0.4 is 16.4 Å². The third-order valence-electron chi connectivity index (χ3n) is 5.56. The predicted octanol–water partition coefficient (Wildman–Crippen LogP) is 4.39. The molecule has 38 heavy (non-hydrogen) atoms. The molecule has 3 aromatic heterocycles. The fourth-order valence-electron chi connectivity index (χ4n) is 3.58. The van der Waals surface area contributed by atoms with E-state index < -0.39 is 6.09 Å². The van der Waals surface area contributed by atoms with Crippen LogP contribution in [0.15, 0.2) is 66.4 Å². The number of hydrogen-bond donors (Lipinski definition) is 3. The number of pyridine rings is 1. The van der Waals surface area contributed by atoms with Crippen molar-refractivity contribution in [2.45, 2.75) is 32.9 Å². The summed E-state index contributed by atoms with van der Waals surface area (Å²) in [5, 5.41) is 7.65. The maximum absolute atomic E-state index is 12.4. The summed E-state index contributed by atoms with van der Waals surface area (Å²) >= 11 is 1.29. The van der Waals surface area contributed by atoms with E-state index in [0.29, 0.717) is 22.1 Å². The van der Waals surface area contributed by atoms with E-state index in [4.69, 9.17) is 10.5 Å². The number of carbonyl (C=O) groups is 3. The van der Waals surface area contributed by atoms with Crippen molar-refractivity contribution in [2.75, 3.05) is 11.9 Å². The van der Waals surface area contributed by atoms with E-state index in [1.165, 1.54) is 11.3 Å². The minimum atomic E-state index is -0.858. The fraction of sp³-hybridized carbons (Fsp3) is 0.222. The highest BCUT2D eigenvalue weighted by Gasteiger charge is 2.16. The van der Waals surface area contributed by atoms with Crippen LogP contribution in [0.4, 0.5) is 9.93 Å². The van der Waals surface area contributed by atoms with Crippen molar-refractivity contribution < 1.29 is 19.1 Å². The Morgan fingerprint density at radius 2 is 1.84 bits per heavy atom. The van der Waals surface area contributed by atoms with Crippen molar-refractivity contribution in [1.29, 1.82) is 0 Å². The number of aromatic nitrogens is 3. The van der Waals surface area contributed by atoms with Crippen LogP contribution in [-0.4, -0.2) is 39.0 Å². The average Bonchev–Trinajstić information content (AvgIpc) is 3.57. The van der Waals surface area contributed by atoms with E-state index in [1.807, 2.05) is 73.3 Å². The van der Waals surface area contributed by atoms with Crippen molar-refractivity contribution in [3.05, 3.63) is 77.7 Å². The summed E-state index contributed by atoms with van der Waals surface area (Å²) in [5.74, 6) is -0.689.